The fourth-order valence-corrected chi connectivity index (χ4v) is 8.84. The number of nitrogens with zero attached hydrogens (tertiary/aromatic N) is 1. The number of hydrogen-bond acceptors (Lipinski definition) is 10. The molecule has 10 nitrogen and oxygen atoms in total. The third-order valence-corrected chi connectivity index (χ3v) is 10.2. The van der Waals surface area contributed by atoms with E-state index in [4.69, 9.17) is 23.1 Å². The smallest absolute Gasteiger partial charge is 0.320 e. The van der Waals surface area contributed by atoms with Crippen LogP contribution in [0.5, 0.6) is 0 Å². The average molecular weight is 502 g/mol. The van der Waals surface area contributed by atoms with Gasteiger partial charge in [-0.1, -0.05) is 6.92 Å². The molecule has 5 fully saturated rings. The number of hydrogen-bond donors (Lipinski definition) is 0. The van der Waals surface area contributed by atoms with Crippen molar-refractivity contribution >= 4 is 22.1 Å². The van der Waals surface area contributed by atoms with Crippen molar-refractivity contribution in [3.05, 3.63) is 0 Å². The minimum Gasteiger partial charge on any atom is -0.459 e. The van der Waals surface area contributed by atoms with E-state index in [0.29, 0.717) is 32.7 Å². The molecule has 4 heterocycles. The normalized spacial score (nSPS) is 39.6. The van der Waals surface area contributed by atoms with E-state index in [9.17, 15) is 18.0 Å². The van der Waals surface area contributed by atoms with E-state index in [-0.39, 0.29) is 6.54 Å². The molecular formula is C23H35NO9S. The minimum atomic E-state index is -3.95. The molecule has 0 spiro atoms. The molecule has 0 amide bonds. The highest BCUT2D eigenvalue weighted by molar-refractivity contribution is 7.87. The SMILES string of the molecule is CCC1(OC(=O)C2C(OC(=O)CN3CCOCC3)C3OC2C2C3C(C)(C)OS2(=O)=O)CCCC1. The van der Waals surface area contributed by atoms with Crippen molar-refractivity contribution in [2.45, 2.75) is 87.6 Å². The van der Waals surface area contributed by atoms with Crippen LogP contribution in [0.4, 0.5) is 0 Å². The molecule has 192 valence electrons. The standard InChI is InChI=1S/C23H35NO9S/c1-4-23(7-5-6-8-23)32-21(26)15-17(30-14(25)13-24-9-11-29-12-10-24)19-16-20(18(15)31-19)34(27,28)33-22(16,2)3/h15-20H,4-13H2,1-3H3. The van der Waals surface area contributed by atoms with Crippen LogP contribution in [0, 0.1) is 11.8 Å². The Balaban J connectivity index is 1.40. The second-order valence-corrected chi connectivity index (χ2v) is 12.5. The molecule has 0 aromatic heterocycles. The highest BCUT2D eigenvalue weighted by Gasteiger charge is 2.74. The van der Waals surface area contributed by atoms with E-state index in [1.54, 1.807) is 13.8 Å². The zero-order chi connectivity index (χ0) is 24.3. The summed E-state index contributed by atoms with van der Waals surface area (Å²) in [5.74, 6) is -2.56. The predicted molar refractivity (Wildman–Crippen MR) is 118 cm³/mol. The molecule has 5 aliphatic rings. The number of carbonyl (C=O) groups excluding carboxylic acids is 2. The van der Waals surface area contributed by atoms with Crippen LogP contribution in [0.25, 0.3) is 0 Å². The number of ether oxygens (including phenoxy) is 4. The summed E-state index contributed by atoms with van der Waals surface area (Å²) in [7, 11) is -3.95. The van der Waals surface area contributed by atoms with Crippen LogP contribution < -0.4 is 0 Å². The summed E-state index contributed by atoms with van der Waals surface area (Å²) >= 11 is 0. The average Bonchev–Trinajstić information content (AvgIpc) is 3.50. The number of esters is 2. The summed E-state index contributed by atoms with van der Waals surface area (Å²) in [6, 6.07) is 0. The molecule has 6 atom stereocenters. The van der Waals surface area contributed by atoms with Gasteiger partial charge in [0, 0.05) is 19.0 Å². The molecule has 0 aromatic rings. The zero-order valence-corrected chi connectivity index (χ0v) is 20.9. The highest BCUT2D eigenvalue weighted by atomic mass is 32.2. The van der Waals surface area contributed by atoms with E-state index in [1.165, 1.54) is 0 Å². The lowest BCUT2D eigenvalue weighted by Crippen LogP contribution is -2.55. The quantitative estimate of drug-likeness (QED) is 0.386. The van der Waals surface area contributed by atoms with Gasteiger partial charge in [-0.05, 0) is 46.0 Å². The topological polar surface area (TPSA) is 118 Å². The molecular weight excluding hydrogens is 466 g/mol. The molecule has 6 unspecified atom stereocenters. The molecule has 1 saturated carbocycles. The summed E-state index contributed by atoms with van der Waals surface area (Å²) in [4.78, 5) is 28.4. The number of rotatable bonds is 6. The summed E-state index contributed by atoms with van der Waals surface area (Å²) in [6.07, 6.45) is 1.56. The summed E-state index contributed by atoms with van der Waals surface area (Å²) in [6.45, 7) is 7.80. The van der Waals surface area contributed by atoms with Crippen molar-refractivity contribution in [2.75, 3.05) is 32.8 Å². The lowest BCUT2D eigenvalue weighted by atomic mass is 9.72. The first kappa shape index (κ1) is 24.4. The van der Waals surface area contributed by atoms with Crippen LogP contribution in [0.15, 0.2) is 0 Å². The molecule has 0 radical (unpaired) electrons. The maximum absolute atomic E-state index is 13.5. The molecule has 4 saturated heterocycles. The van der Waals surface area contributed by atoms with E-state index in [0.717, 1.165) is 25.7 Å². The van der Waals surface area contributed by atoms with Gasteiger partial charge in [0.25, 0.3) is 10.1 Å². The largest absolute Gasteiger partial charge is 0.459 e. The zero-order valence-electron chi connectivity index (χ0n) is 20.1. The van der Waals surface area contributed by atoms with Gasteiger partial charge in [0.05, 0.1) is 31.5 Å². The van der Waals surface area contributed by atoms with Crippen LogP contribution in [0.1, 0.15) is 52.9 Å². The van der Waals surface area contributed by atoms with Crippen molar-refractivity contribution in [2.24, 2.45) is 11.8 Å². The number of morpholine rings is 1. The van der Waals surface area contributed by atoms with Crippen LogP contribution in [0.3, 0.4) is 0 Å². The lowest BCUT2D eigenvalue weighted by molar-refractivity contribution is -0.175. The first-order valence-corrected chi connectivity index (χ1v) is 13.9. The Morgan fingerprint density at radius 3 is 2.41 bits per heavy atom. The van der Waals surface area contributed by atoms with E-state index in [2.05, 4.69) is 0 Å². The third kappa shape index (κ3) is 4.07. The summed E-state index contributed by atoms with van der Waals surface area (Å²) in [5, 5.41) is -0.986. The van der Waals surface area contributed by atoms with Crippen molar-refractivity contribution in [1.82, 2.24) is 4.90 Å². The van der Waals surface area contributed by atoms with E-state index >= 15 is 0 Å². The Bertz CT molecular complexity index is 923. The highest BCUT2D eigenvalue weighted by Crippen LogP contribution is 2.57. The molecule has 11 heteroatoms. The van der Waals surface area contributed by atoms with Crippen LogP contribution >= 0.6 is 0 Å². The van der Waals surface area contributed by atoms with E-state index < -0.39 is 68.7 Å². The van der Waals surface area contributed by atoms with Gasteiger partial charge >= 0.3 is 11.9 Å². The van der Waals surface area contributed by atoms with Crippen LogP contribution in [-0.4, -0.2) is 92.9 Å². The van der Waals surface area contributed by atoms with Gasteiger partial charge in [0.1, 0.15) is 29.0 Å². The van der Waals surface area contributed by atoms with Crippen molar-refractivity contribution in [1.29, 1.82) is 0 Å². The molecule has 0 aromatic carbocycles. The van der Waals surface area contributed by atoms with Gasteiger partial charge in [-0.25, -0.2) is 0 Å². The fraction of sp³-hybridized carbons (Fsp3) is 0.913. The monoisotopic (exact) mass is 501 g/mol. The molecule has 34 heavy (non-hydrogen) atoms. The third-order valence-electron chi connectivity index (χ3n) is 8.32. The van der Waals surface area contributed by atoms with Crippen molar-refractivity contribution < 1.29 is 41.1 Å². The van der Waals surface area contributed by atoms with Crippen molar-refractivity contribution in [3.63, 3.8) is 0 Å². The second-order valence-electron chi connectivity index (χ2n) is 10.8. The minimum absolute atomic E-state index is 0.0736. The Hall–Kier alpha value is -1.27. The second kappa shape index (κ2) is 8.69. The Morgan fingerprint density at radius 2 is 1.76 bits per heavy atom. The van der Waals surface area contributed by atoms with Gasteiger partial charge < -0.3 is 18.9 Å². The Kier molecular flexibility index (Phi) is 6.24. The summed E-state index contributed by atoms with van der Waals surface area (Å²) < 4.78 is 54.6. The van der Waals surface area contributed by atoms with Gasteiger partial charge in [0.15, 0.2) is 0 Å². The lowest BCUT2D eigenvalue weighted by Gasteiger charge is -2.37. The molecule has 4 aliphatic heterocycles. The maximum atomic E-state index is 13.5. The maximum Gasteiger partial charge on any atom is 0.320 e. The Morgan fingerprint density at radius 1 is 1.09 bits per heavy atom. The van der Waals surface area contributed by atoms with Crippen LogP contribution in [0.2, 0.25) is 0 Å². The van der Waals surface area contributed by atoms with Gasteiger partial charge in [-0.2, -0.15) is 8.42 Å². The first-order valence-electron chi connectivity index (χ1n) is 12.4. The predicted octanol–water partition coefficient (Wildman–Crippen LogP) is 1.02. The summed E-state index contributed by atoms with van der Waals surface area (Å²) in [5.41, 5.74) is -1.58. The van der Waals surface area contributed by atoms with Crippen molar-refractivity contribution in [3.8, 4) is 0 Å². The van der Waals surface area contributed by atoms with Gasteiger partial charge in [-0.15, -0.1) is 0 Å². The van der Waals surface area contributed by atoms with Crippen LogP contribution in [-0.2, 0) is 42.8 Å². The molecule has 2 bridgehead atoms. The molecule has 5 rings (SSSR count). The number of carbonyl (C=O) groups is 2. The molecule has 1 aliphatic carbocycles. The van der Waals surface area contributed by atoms with E-state index in [1.807, 2.05) is 11.8 Å². The van der Waals surface area contributed by atoms with Gasteiger partial charge in [0.2, 0.25) is 0 Å². The molecule has 0 N–H and O–H groups in total. The number of fused-ring (bicyclic) bond motifs is 5. The van der Waals surface area contributed by atoms with Gasteiger partial charge in [-0.3, -0.25) is 18.7 Å². The Labute approximate surface area is 200 Å². The first-order chi connectivity index (χ1) is 16.1. The fourth-order valence-electron chi connectivity index (χ4n) is 6.61.